The molecule has 0 spiro atoms. The number of carbonyl (C=O) groups excluding carboxylic acids is 2. The van der Waals surface area contributed by atoms with Crippen LogP contribution < -0.4 is 0 Å². The molecule has 8 heteroatoms. The van der Waals surface area contributed by atoms with Crippen molar-refractivity contribution in [1.29, 1.82) is 0 Å². The molecule has 2 aliphatic rings. The summed E-state index contributed by atoms with van der Waals surface area (Å²) in [5, 5.41) is 0. The molecule has 27 heavy (non-hydrogen) atoms. The number of likely N-dealkylation sites (tertiary alicyclic amines) is 1. The van der Waals surface area contributed by atoms with Crippen LogP contribution in [0.2, 0.25) is 5.82 Å². The van der Waals surface area contributed by atoms with E-state index < -0.39 is 23.9 Å². The van der Waals surface area contributed by atoms with E-state index in [2.05, 4.69) is 0 Å². The second kappa shape index (κ2) is 7.62. The molecule has 2 aliphatic heterocycles. The maximum absolute atomic E-state index is 12.5. The van der Waals surface area contributed by atoms with E-state index in [0.717, 1.165) is 0 Å². The number of piperidine rings is 1. The van der Waals surface area contributed by atoms with E-state index in [9.17, 15) is 9.59 Å². The molecule has 0 saturated carbocycles. The predicted octanol–water partition coefficient (Wildman–Crippen LogP) is 3.27. The molecule has 0 bridgehead atoms. The van der Waals surface area contributed by atoms with Crippen LogP contribution in [0.15, 0.2) is 0 Å². The van der Waals surface area contributed by atoms with Crippen molar-refractivity contribution >= 4 is 19.2 Å². The van der Waals surface area contributed by atoms with Gasteiger partial charge in [-0.05, 0) is 61.8 Å². The SMILES string of the molecule is CCOC(=O)[C@@H]1CCN(C(=O)OC(C)(C)C)C[C@H]1B1OC(C)(C)C(C)(C)O1. The minimum absolute atomic E-state index is 0.263. The molecule has 2 fully saturated rings. The van der Waals surface area contributed by atoms with Crippen molar-refractivity contribution in [2.75, 3.05) is 19.7 Å². The fourth-order valence-electron chi connectivity index (χ4n) is 3.36. The molecule has 0 radical (unpaired) electrons. The lowest BCUT2D eigenvalue weighted by Crippen LogP contribution is -2.50. The number of carbonyl (C=O) groups is 2. The van der Waals surface area contributed by atoms with Crippen LogP contribution in [-0.2, 0) is 23.6 Å². The van der Waals surface area contributed by atoms with Crippen LogP contribution in [0.25, 0.3) is 0 Å². The quantitative estimate of drug-likeness (QED) is 0.550. The Morgan fingerprint density at radius 3 is 2.19 bits per heavy atom. The Morgan fingerprint density at radius 1 is 1.15 bits per heavy atom. The fraction of sp³-hybridized carbons (Fsp3) is 0.895. The van der Waals surface area contributed by atoms with Crippen molar-refractivity contribution < 1.29 is 28.4 Å². The summed E-state index contributed by atoms with van der Waals surface area (Å²) in [6.45, 7) is 16.3. The molecule has 0 aromatic rings. The molecule has 0 unspecified atom stereocenters. The summed E-state index contributed by atoms with van der Waals surface area (Å²) in [6.07, 6.45) is 0.110. The summed E-state index contributed by atoms with van der Waals surface area (Å²) in [4.78, 5) is 26.7. The van der Waals surface area contributed by atoms with Crippen molar-refractivity contribution in [3.05, 3.63) is 0 Å². The van der Waals surface area contributed by atoms with Gasteiger partial charge in [-0.3, -0.25) is 4.79 Å². The Balaban J connectivity index is 2.21. The maximum atomic E-state index is 12.5. The Kier molecular flexibility index (Phi) is 6.22. The van der Waals surface area contributed by atoms with Crippen molar-refractivity contribution in [3.8, 4) is 0 Å². The van der Waals surface area contributed by atoms with Crippen LogP contribution in [0.3, 0.4) is 0 Å². The van der Waals surface area contributed by atoms with E-state index in [4.69, 9.17) is 18.8 Å². The summed E-state index contributed by atoms with van der Waals surface area (Å²) in [5.41, 5.74) is -1.59. The van der Waals surface area contributed by atoms with Gasteiger partial charge >= 0.3 is 19.2 Å². The molecule has 0 aromatic carbocycles. The number of esters is 1. The zero-order chi connectivity index (χ0) is 20.6. The van der Waals surface area contributed by atoms with Gasteiger partial charge in [-0.15, -0.1) is 0 Å². The average molecular weight is 383 g/mol. The van der Waals surface area contributed by atoms with Gasteiger partial charge in [-0.1, -0.05) is 0 Å². The highest BCUT2D eigenvalue weighted by atomic mass is 16.7. The van der Waals surface area contributed by atoms with Gasteiger partial charge in [-0.25, -0.2) is 4.79 Å². The largest absolute Gasteiger partial charge is 0.466 e. The molecule has 2 rings (SSSR count). The first-order valence-electron chi connectivity index (χ1n) is 9.77. The molecule has 2 heterocycles. The van der Waals surface area contributed by atoms with Crippen molar-refractivity contribution in [2.24, 2.45) is 5.92 Å². The Morgan fingerprint density at radius 2 is 1.70 bits per heavy atom. The fourth-order valence-corrected chi connectivity index (χ4v) is 3.36. The van der Waals surface area contributed by atoms with Crippen LogP contribution in [0, 0.1) is 5.92 Å². The third-order valence-corrected chi connectivity index (χ3v) is 5.52. The minimum atomic E-state index is -0.588. The Hall–Kier alpha value is -1.28. The van der Waals surface area contributed by atoms with Gasteiger partial charge in [0, 0.05) is 18.9 Å². The molecule has 154 valence electrons. The van der Waals surface area contributed by atoms with E-state index >= 15 is 0 Å². The van der Waals surface area contributed by atoms with Gasteiger partial charge in [0.1, 0.15) is 5.60 Å². The standard InChI is InChI=1S/C19H34BNO6/c1-9-24-15(22)13-10-11-21(16(23)25-17(2,3)4)12-14(13)20-26-18(5,6)19(7,8)27-20/h13-14H,9-12H2,1-8H3/t13-,14-/m1/s1. The monoisotopic (exact) mass is 383 g/mol. The number of amides is 1. The Labute approximate surface area is 163 Å². The molecule has 7 nitrogen and oxygen atoms in total. The van der Waals surface area contributed by atoms with E-state index in [0.29, 0.717) is 26.1 Å². The zero-order valence-corrected chi connectivity index (χ0v) is 18.0. The third-order valence-electron chi connectivity index (χ3n) is 5.52. The highest BCUT2D eigenvalue weighted by molar-refractivity contribution is 6.48. The molecular formula is C19H34BNO6. The topological polar surface area (TPSA) is 74.3 Å². The van der Waals surface area contributed by atoms with E-state index in [-0.39, 0.29) is 23.8 Å². The first-order chi connectivity index (χ1) is 12.3. The average Bonchev–Trinajstić information content (AvgIpc) is 2.73. The maximum Gasteiger partial charge on any atom is 0.463 e. The Bertz CT molecular complexity index is 555. The molecule has 2 saturated heterocycles. The number of hydrogen-bond acceptors (Lipinski definition) is 6. The lowest BCUT2D eigenvalue weighted by atomic mass is 9.62. The highest BCUT2D eigenvalue weighted by Crippen LogP contribution is 2.44. The molecule has 1 amide bonds. The first-order valence-corrected chi connectivity index (χ1v) is 9.77. The molecule has 0 N–H and O–H groups in total. The lowest BCUT2D eigenvalue weighted by molar-refractivity contribution is -0.149. The summed E-state index contributed by atoms with van der Waals surface area (Å²) < 4.78 is 23.1. The summed E-state index contributed by atoms with van der Waals surface area (Å²) in [6, 6.07) is 0. The lowest BCUT2D eigenvalue weighted by Gasteiger charge is -2.38. The number of ether oxygens (including phenoxy) is 2. The van der Waals surface area contributed by atoms with Crippen LogP contribution in [0.1, 0.15) is 61.8 Å². The van der Waals surface area contributed by atoms with Crippen LogP contribution >= 0.6 is 0 Å². The third kappa shape index (κ3) is 4.96. The smallest absolute Gasteiger partial charge is 0.463 e. The number of rotatable bonds is 3. The molecule has 0 aromatic heterocycles. The van der Waals surface area contributed by atoms with Gasteiger partial charge in [0.15, 0.2) is 0 Å². The molecular weight excluding hydrogens is 349 g/mol. The predicted molar refractivity (Wildman–Crippen MR) is 102 cm³/mol. The van der Waals surface area contributed by atoms with Crippen molar-refractivity contribution in [3.63, 3.8) is 0 Å². The van der Waals surface area contributed by atoms with Gasteiger partial charge in [-0.2, -0.15) is 0 Å². The zero-order valence-electron chi connectivity index (χ0n) is 18.0. The van der Waals surface area contributed by atoms with Gasteiger partial charge in [0.05, 0.1) is 23.7 Å². The number of hydrogen-bond donors (Lipinski definition) is 0. The summed E-state index contributed by atoms with van der Waals surface area (Å²) >= 11 is 0. The van der Waals surface area contributed by atoms with Gasteiger partial charge in [0.25, 0.3) is 0 Å². The van der Waals surface area contributed by atoms with Crippen LogP contribution in [-0.4, -0.2) is 60.6 Å². The van der Waals surface area contributed by atoms with E-state index in [1.165, 1.54) is 0 Å². The van der Waals surface area contributed by atoms with Crippen molar-refractivity contribution in [2.45, 2.75) is 84.4 Å². The molecule has 0 aliphatic carbocycles. The minimum Gasteiger partial charge on any atom is -0.466 e. The van der Waals surface area contributed by atoms with Crippen molar-refractivity contribution in [1.82, 2.24) is 4.90 Å². The van der Waals surface area contributed by atoms with E-state index in [1.807, 2.05) is 48.5 Å². The van der Waals surface area contributed by atoms with Crippen LogP contribution in [0.4, 0.5) is 4.79 Å². The second-order valence-corrected chi connectivity index (χ2v) is 9.36. The van der Waals surface area contributed by atoms with Gasteiger partial charge < -0.3 is 23.7 Å². The molecule has 2 atom stereocenters. The summed E-state index contributed by atoms with van der Waals surface area (Å²) in [5.74, 6) is -0.953. The summed E-state index contributed by atoms with van der Waals surface area (Å²) in [7, 11) is -0.588. The second-order valence-electron chi connectivity index (χ2n) is 9.36. The number of nitrogens with zero attached hydrogens (tertiary/aromatic N) is 1. The highest BCUT2D eigenvalue weighted by Gasteiger charge is 2.57. The van der Waals surface area contributed by atoms with Crippen LogP contribution in [0.5, 0.6) is 0 Å². The first kappa shape index (κ1) is 22.0. The van der Waals surface area contributed by atoms with Gasteiger partial charge in [0.2, 0.25) is 0 Å². The normalized spacial score (nSPS) is 27.4. The van der Waals surface area contributed by atoms with E-state index in [1.54, 1.807) is 11.8 Å².